The summed E-state index contributed by atoms with van der Waals surface area (Å²) in [5, 5.41) is 0. The van der Waals surface area contributed by atoms with Crippen LogP contribution in [0.5, 0.6) is 0 Å². The maximum Gasteiger partial charge on any atom is 0.303 e. The fraction of sp³-hybridized carbons (Fsp3) is 0.632. The summed E-state index contributed by atoms with van der Waals surface area (Å²) in [5.74, 6) is 0.686. The maximum atomic E-state index is 11.8. The quantitative estimate of drug-likeness (QED) is 0.570. The van der Waals surface area contributed by atoms with Gasteiger partial charge in [-0.25, -0.2) is 0 Å². The van der Waals surface area contributed by atoms with Crippen LogP contribution in [0.3, 0.4) is 0 Å². The summed E-state index contributed by atoms with van der Waals surface area (Å²) in [6.07, 6.45) is 13.7. The number of hydrogen-bond acceptors (Lipinski definition) is 3. The molecule has 0 unspecified atom stereocenters. The van der Waals surface area contributed by atoms with Crippen molar-refractivity contribution in [2.24, 2.45) is 11.8 Å². The second kappa shape index (κ2) is 5.69. The average molecular weight is 302 g/mol. The Labute approximate surface area is 133 Å². The highest BCUT2D eigenvalue weighted by Crippen LogP contribution is 2.63. The van der Waals surface area contributed by atoms with E-state index < -0.39 is 5.60 Å². The van der Waals surface area contributed by atoms with Gasteiger partial charge < -0.3 is 9.47 Å². The van der Waals surface area contributed by atoms with E-state index in [2.05, 4.69) is 25.3 Å². The Morgan fingerprint density at radius 1 is 1.32 bits per heavy atom. The number of carbonyl (C=O) groups excluding carboxylic acids is 1. The van der Waals surface area contributed by atoms with Crippen LogP contribution >= 0.6 is 0 Å². The molecule has 0 amide bonds. The lowest BCUT2D eigenvalue weighted by molar-refractivity contribution is -0.181. The molecule has 0 aromatic carbocycles. The van der Waals surface area contributed by atoms with E-state index in [1.807, 2.05) is 12.2 Å². The van der Waals surface area contributed by atoms with Crippen molar-refractivity contribution in [3.05, 3.63) is 37.5 Å². The Morgan fingerprint density at radius 3 is 2.77 bits per heavy atom. The third kappa shape index (κ3) is 2.18. The Morgan fingerprint density at radius 2 is 2.09 bits per heavy atom. The van der Waals surface area contributed by atoms with Crippen LogP contribution in [0.25, 0.3) is 0 Å². The van der Waals surface area contributed by atoms with Crippen molar-refractivity contribution in [1.82, 2.24) is 0 Å². The fourth-order valence-corrected chi connectivity index (χ4v) is 5.11. The second-order valence-corrected chi connectivity index (χ2v) is 6.95. The van der Waals surface area contributed by atoms with E-state index in [1.54, 1.807) is 0 Å². The van der Waals surface area contributed by atoms with E-state index >= 15 is 0 Å². The standard InChI is InChI=1S/C19H26O3/c1-4-8-15-12-18(21-14(3)20)13-16(9-5-2)22-19(18)11-7-6-10-17(15)19/h4-7,15-17H,1-2,8-13H2,3H3/t15-,16+,17-,18+,19-/m1/s1. The molecule has 0 aromatic heterocycles. The van der Waals surface area contributed by atoms with Gasteiger partial charge in [0, 0.05) is 13.3 Å². The molecule has 3 nitrogen and oxygen atoms in total. The van der Waals surface area contributed by atoms with Crippen molar-refractivity contribution in [3.8, 4) is 0 Å². The highest BCUT2D eigenvalue weighted by molar-refractivity contribution is 5.67. The molecule has 3 heteroatoms. The molecule has 1 heterocycles. The Bertz CT molecular complexity index is 509. The van der Waals surface area contributed by atoms with Gasteiger partial charge in [-0.15, -0.1) is 13.2 Å². The summed E-state index contributed by atoms with van der Waals surface area (Å²) in [6, 6.07) is 0. The zero-order valence-corrected chi connectivity index (χ0v) is 13.4. The first kappa shape index (κ1) is 15.5. The summed E-state index contributed by atoms with van der Waals surface area (Å²) >= 11 is 0. The molecule has 0 bridgehead atoms. The highest BCUT2D eigenvalue weighted by Gasteiger charge is 2.70. The van der Waals surface area contributed by atoms with Crippen molar-refractivity contribution < 1.29 is 14.3 Å². The smallest absolute Gasteiger partial charge is 0.303 e. The zero-order chi connectivity index (χ0) is 15.8. The van der Waals surface area contributed by atoms with Gasteiger partial charge in [0.15, 0.2) is 0 Å². The van der Waals surface area contributed by atoms with Crippen LogP contribution in [-0.2, 0) is 14.3 Å². The second-order valence-electron chi connectivity index (χ2n) is 6.95. The molecule has 2 aliphatic carbocycles. The van der Waals surface area contributed by atoms with Gasteiger partial charge in [-0.2, -0.15) is 0 Å². The minimum atomic E-state index is -0.477. The van der Waals surface area contributed by atoms with Crippen LogP contribution in [-0.4, -0.2) is 23.3 Å². The van der Waals surface area contributed by atoms with Gasteiger partial charge in [-0.05, 0) is 43.9 Å². The molecule has 120 valence electrons. The number of ether oxygens (including phenoxy) is 2. The van der Waals surface area contributed by atoms with E-state index in [0.29, 0.717) is 11.8 Å². The van der Waals surface area contributed by atoms with Crippen molar-refractivity contribution in [2.45, 2.75) is 62.8 Å². The van der Waals surface area contributed by atoms with Crippen LogP contribution in [0.4, 0.5) is 0 Å². The first-order valence-corrected chi connectivity index (χ1v) is 8.31. The number of allylic oxidation sites excluding steroid dienone is 2. The van der Waals surface area contributed by atoms with Gasteiger partial charge in [0.05, 0.1) is 6.10 Å². The number of rotatable bonds is 5. The molecule has 0 radical (unpaired) electrons. The predicted molar refractivity (Wildman–Crippen MR) is 86.3 cm³/mol. The molecule has 1 saturated heterocycles. The summed E-state index contributed by atoms with van der Waals surface area (Å²) in [5.41, 5.74) is -0.829. The third-order valence-electron chi connectivity index (χ3n) is 5.68. The predicted octanol–water partition coefficient (Wildman–Crippen LogP) is 3.95. The number of esters is 1. The molecule has 0 N–H and O–H groups in total. The molecular weight excluding hydrogens is 276 g/mol. The Kier molecular flexibility index (Phi) is 4.02. The van der Waals surface area contributed by atoms with E-state index in [9.17, 15) is 4.79 Å². The lowest BCUT2D eigenvalue weighted by Crippen LogP contribution is -2.53. The Balaban J connectivity index is 2.00. The van der Waals surface area contributed by atoms with Gasteiger partial charge in [0.2, 0.25) is 0 Å². The fourth-order valence-electron chi connectivity index (χ4n) is 5.11. The van der Waals surface area contributed by atoms with Crippen molar-refractivity contribution in [3.63, 3.8) is 0 Å². The third-order valence-corrected chi connectivity index (χ3v) is 5.68. The monoisotopic (exact) mass is 302 g/mol. The molecular formula is C19H26O3. The SMILES string of the molecule is C=CC[C@H]1C[C@@]2(OC(C)=O)C[C@@H](CC=C)[C@H]3CC=CC[C@@]32O1. The van der Waals surface area contributed by atoms with Crippen molar-refractivity contribution in [1.29, 1.82) is 0 Å². The van der Waals surface area contributed by atoms with E-state index in [4.69, 9.17) is 9.47 Å². The molecule has 5 atom stereocenters. The first-order valence-electron chi connectivity index (χ1n) is 8.31. The van der Waals surface area contributed by atoms with Crippen molar-refractivity contribution >= 4 is 5.97 Å². The summed E-state index contributed by atoms with van der Waals surface area (Å²) < 4.78 is 12.5. The maximum absolute atomic E-state index is 11.8. The van der Waals surface area contributed by atoms with Crippen LogP contribution < -0.4 is 0 Å². The van der Waals surface area contributed by atoms with Gasteiger partial charge in [0.1, 0.15) is 11.2 Å². The van der Waals surface area contributed by atoms with Gasteiger partial charge in [-0.3, -0.25) is 4.79 Å². The average Bonchev–Trinajstić information content (AvgIpc) is 2.85. The molecule has 3 rings (SSSR count). The molecule has 1 spiro atoms. The normalized spacial score (nSPS) is 42.5. The van der Waals surface area contributed by atoms with Crippen LogP contribution in [0.1, 0.15) is 45.4 Å². The molecule has 2 fully saturated rings. The van der Waals surface area contributed by atoms with Crippen LogP contribution in [0.2, 0.25) is 0 Å². The minimum Gasteiger partial charge on any atom is -0.456 e. The largest absolute Gasteiger partial charge is 0.456 e. The molecule has 0 aromatic rings. The zero-order valence-electron chi connectivity index (χ0n) is 13.4. The summed E-state index contributed by atoms with van der Waals surface area (Å²) in [4.78, 5) is 11.8. The van der Waals surface area contributed by atoms with Gasteiger partial charge in [-0.1, -0.05) is 24.3 Å². The van der Waals surface area contributed by atoms with E-state index in [1.165, 1.54) is 6.92 Å². The van der Waals surface area contributed by atoms with Gasteiger partial charge in [0.25, 0.3) is 0 Å². The lowest BCUT2D eigenvalue weighted by atomic mass is 9.72. The number of carbonyl (C=O) groups is 1. The lowest BCUT2D eigenvalue weighted by Gasteiger charge is -2.43. The van der Waals surface area contributed by atoms with Gasteiger partial charge >= 0.3 is 5.97 Å². The van der Waals surface area contributed by atoms with Crippen molar-refractivity contribution in [2.75, 3.05) is 0 Å². The minimum absolute atomic E-state index is 0.107. The number of hydrogen-bond donors (Lipinski definition) is 0. The molecule has 1 aliphatic heterocycles. The first-order chi connectivity index (χ1) is 10.6. The molecule has 22 heavy (non-hydrogen) atoms. The molecule has 3 aliphatic rings. The van der Waals surface area contributed by atoms with Crippen LogP contribution in [0, 0.1) is 11.8 Å². The van der Waals surface area contributed by atoms with E-state index in [0.717, 1.165) is 38.5 Å². The summed E-state index contributed by atoms with van der Waals surface area (Å²) in [6.45, 7) is 9.25. The molecule has 1 saturated carbocycles. The van der Waals surface area contributed by atoms with E-state index in [-0.39, 0.29) is 17.7 Å². The summed E-state index contributed by atoms with van der Waals surface area (Å²) in [7, 11) is 0. The topological polar surface area (TPSA) is 35.5 Å². The highest BCUT2D eigenvalue weighted by atomic mass is 16.6. The Hall–Kier alpha value is -1.35. The van der Waals surface area contributed by atoms with Crippen LogP contribution in [0.15, 0.2) is 37.5 Å².